The minimum Gasteiger partial charge on any atom is -0.351 e. The topological polar surface area (TPSA) is 46.9 Å². The van der Waals surface area contributed by atoms with Crippen LogP contribution in [0, 0.1) is 13.8 Å². The molecule has 1 aromatic heterocycles. The van der Waals surface area contributed by atoms with Gasteiger partial charge in [-0.3, -0.25) is 9.48 Å². The van der Waals surface area contributed by atoms with Gasteiger partial charge in [0.2, 0.25) is 0 Å². The second kappa shape index (κ2) is 6.57. The van der Waals surface area contributed by atoms with E-state index in [1.165, 1.54) is 5.56 Å². The van der Waals surface area contributed by atoms with E-state index in [4.69, 9.17) is 0 Å². The second-order valence-corrected chi connectivity index (χ2v) is 5.40. The Morgan fingerprint density at radius 3 is 2.48 bits per heavy atom. The summed E-state index contributed by atoms with van der Waals surface area (Å²) in [6, 6.07) is 10.3. The Morgan fingerprint density at radius 1 is 1.29 bits per heavy atom. The van der Waals surface area contributed by atoms with Crippen LogP contribution in [0.3, 0.4) is 0 Å². The van der Waals surface area contributed by atoms with E-state index in [2.05, 4.69) is 29.5 Å². The molecular weight excluding hydrogens is 262 g/mol. The van der Waals surface area contributed by atoms with Crippen molar-refractivity contribution < 1.29 is 4.79 Å². The molecule has 1 N–H and O–H groups in total. The number of hydrogen-bond donors (Lipinski definition) is 1. The molecule has 0 saturated carbocycles. The van der Waals surface area contributed by atoms with Gasteiger partial charge in [-0.15, -0.1) is 0 Å². The number of amides is 1. The normalized spacial score (nSPS) is 12.2. The Bertz CT molecular complexity index is 616. The molecule has 1 unspecified atom stereocenters. The summed E-state index contributed by atoms with van der Waals surface area (Å²) in [5, 5.41) is 7.34. The van der Waals surface area contributed by atoms with E-state index in [9.17, 15) is 4.79 Å². The van der Waals surface area contributed by atoms with Crippen molar-refractivity contribution in [2.45, 2.75) is 33.1 Å². The fourth-order valence-electron chi connectivity index (χ4n) is 2.63. The molecule has 1 atom stereocenters. The van der Waals surface area contributed by atoms with Crippen molar-refractivity contribution in [2.24, 2.45) is 7.05 Å². The number of aryl methyl sites for hydroxylation is 2. The van der Waals surface area contributed by atoms with Crippen molar-refractivity contribution in [3.8, 4) is 0 Å². The Hall–Kier alpha value is -2.10. The van der Waals surface area contributed by atoms with Gasteiger partial charge in [-0.05, 0) is 25.8 Å². The smallest absolute Gasteiger partial charge is 0.255 e. The maximum absolute atomic E-state index is 12.4. The Morgan fingerprint density at radius 2 is 1.95 bits per heavy atom. The van der Waals surface area contributed by atoms with Crippen molar-refractivity contribution in [1.82, 2.24) is 15.1 Å². The summed E-state index contributed by atoms with van der Waals surface area (Å²) in [5.41, 5.74) is 3.64. The zero-order valence-corrected chi connectivity index (χ0v) is 13.2. The third-order valence-electron chi connectivity index (χ3n) is 4.01. The van der Waals surface area contributed by atoms with Crippen LogP contribution in [0.1, 0.15) is 46.6 Å². The maximum atomic E-state index is 12.4. The number of nitrogens with zero attached hydrogens (tertiary/aromatic N) is 2. The van der Waals surface area contributed by atoms with E-state index in [-0.39, 0.29) is 5.91 Å². The van der Waals surface area contributed by atoms with Gasteiger partial charge in [0, 0.05) is 25.2 Å². The molecule has 4 heteroatoms. The third kappa shape index (κ3) is 3.32. The summed E-state index contributed by atoms with van der Waals surface area (Å²) in [5.74, 6) is 0.305. The fourth-order valence-corrected chi connectivity index (χ4v) is 2.63. The molecule has 0 fully saturated rings. The van der Waals surface area contributed by atoms with Crippen LogP contribution in [0.25, 0.3) is 0 Å². The number of rotatable bonds is 5. The molecule has 0 aliphatic rings. The van der Waals surface area contributed by atoms with E-state index in [0.29, 0.717) is 18.0 Å². The van der Waals surface area contributed by atoms with Gasteiger partial charge >= 0.3 is 0 Å². The largest absolute Gasteiger partial charge is 0.351 e. The average molecular weight is 285 g/mol. The van der Waals surface area contributed by atoms with Gasteiger partial charge in [-0.25, -0.2) is 0 Å². The molecule has 1 amide bonds. The number of aromatic nitrogens is 2. The van der Waals surface area contributed by atoms with Crippen LogP contribution >= 0.6 is 0 Å². The molecule has 2 rings (SSSR count). The van der Waals surface area contributed by atoms with Gasteiger partial charge < -0.3 is 5.32 Å². The second-order valence-electron chi connectivity index (χ2n) is 5.40. The minimum absolute atomic E-state index is 0.0347. The fraction of sp³-hybridized carbons (Fsp3) is 0.412. The molecule has 2 aromatic rings. The number of nitrogens with one attached hydrogen (secondary N) is 1. The summed E-state index contributed by atoms with van der Waals surface area (Å²) in [6.45, 7) is 6.58. The lowest BCUT2D eigenvalue weighted by Gasteiger charge is -2.16. The predicted molar refractivity (Wildman–Crippen MR) is 84.5 cm³/mol. The van der Waals surface area contributed by atoms with E-state index < -0.39 is 0 Å². The van der Waals surface area contributed by atoms with Crippen LogP contribution < -0.4 is 5.32 Å². The van der Waals surface area contributed by atoms with E-state index in [1.54, 1.807) is 4.68 Å². The van der Waals surface area contributed by atoms with Gasteiger partial charge in [-0.2, -0.15) is 5.10 Å². The van der Waals surface area contributed by atoms with E-state index in [0.717, 1.165) is 17.8 Å². The Kier molecular flexibility index (Phi) is 4.78. The zero-order valence-electron chi connectivity index (χ0n) is 13.2. The molecule has 0 spiro atoms. The zero-order chi connectivity index (χ0) is 15.4. The SMILES string of the molecule is CCC(CNC(=O)c1c(C)nn(C)c1C)c1ccccc1. The Labute approximate surface area is 126 Å². The van der Waals surface area contributed by atoms with Gasteiger partial charge in [0.05, 0.1) is 11.3 Å². The summed E-state index contributed by atoms with van der Waals surface area (Å²) < 4.78 is 1.75. The highest BCUT2D eigenvalue weighted by atomic mass is 16.1. The van der Waals surface area contributed by atoms with Crippen LogP contribution in [0.15, 0.2) is 30.3 Å². The lowest BCUT2D eigenvalue weighted by Crippen LogP contribution is -2.29. The van der Waals surface area contributed by atoms with Crippen molar-refractivity contribution in [2.75, 3.05) is 6.54 Å². The van der Waals surface area contributed by atoms with E-state index in [1.807, 2.05) is 39.1 Å². The number of hydrogen-bond acceptors (Lipinski definition) is 2. The first-order chi connectivity index (χ1) is 10.0. The van der Waals surface area contributed by atoms with Crippen LogP contribution in [0.5, 0.6) is 0 Å². The monoisotopic (exact) mass is 285 g/mol. The van der Waals surface area contributed by atoms with Crippen molar-refractivity contribution in [3.63, 3.8) is 0 Å². The molecule has 0 bridgehead atoms. The van der Waals surface area contributed by atoms with Crippen molar-refractivity contribution >= 4 is 5.91 Å². The molecule has 0 aliphatic heterocycles. The van der Waals surface area contributed by atoms with Gasteiger partial charge in [-0.1, -0.05) is 37.3 Å². The molecule has 0 radical (unpaired) electrons. The maximum Gasteiger partial charge on any atom is 0.255 e. The average Bonchev–Trinajstić information content (AvgIpc) is 2.74. The minimum atomic E-state index is -0.0347. The summed E-state index contributed by atoms with van der Waals surface area (Å²) in [7, 11) is 1.86. The molecule has 0 saturated heterocycles. The van der Waals surface area contributed by atoms with Gasteiger partial charge in [0.25, 0.3) is 5.91 Å². The first-order valence-electron chi connectivity index (χ1n) is 7.38. The molecule has 1 heterocycles. The number of carbonyl (C=O) groups excluding carboxylic acids is 1. The molecule has 4 nitrogen and oxygen atoms in total. The highest BCUT2D eigenvalue weighted by Gasteiger charge is 2.18. The molecular formula is C17H23N3O. The molecule has 1 aromatic carbocycles. The summed E-state index contributed by atoms with van der Waals surface area (Å²) >= 11 is 0. The van der Waals surface area contributed by atoms with Crippen molar-refractivity contribution in [3.05, 3.63) is 52.8 Å². The Balaban J connectivity index is 2.06. The van der Waals surface area contributed by atoms with Crippen molar-refractivity contribution in [1.29, 1.82) is 0 Å². The van der Waals surface area contributed by atoms with Crippen LogP contribution in [-0.2, 0) is 7.05 Å². The van der Waals surface area contributed by atoms with Gasteiger partial charge in [0.1, 0.15) is 0 Å². The number of benzene rings is 1. The first kappa shape index (κ1) is 15.3. The summed E-state index contributed by atoms with van der Waals surface area (Å²) in [6.07, 6.45) is 0.995. The third-order valence-corrected chi connectivity index (χ3v) is 4.01. The predicted octanol–water partition coefficient (Wildman–Crippen LogP) is 2.96. The van der Waals surface area contributed by atoms with Gasteiger partial charge in [0.15, 0.2) is 0 Å². The molecule has 0 aliphatic carbocycles. The standard InChI is InChI=1S/C17H23N3O/c1-5-14(15-9-7-6-8-10-15)11-18-17(21)16-12(2)19-20(4)13(16)3/h6-10,14H,5,11H2,1-4H3,(H,18,21). The highest BCUT2D eigenvalue weighted by molar-refractivity contribution is 5.96. The lowest BCUT2D eigenvalue weighted by molar-refractivity contribution is 0.0949. The van der Waals surface area contributed by atoms with Crippen LogP contribution in [0.4, 0.5) is 0 Å². The lowest BCUT2D eigenvalue weighted by atomic mass is 9.96. The van der Waals surface area contributed by atoms with Crippen LogP contribution in [-0.4, -0.2) is 22.2 Å². The molecule has 112 valence electrons. The molecule has 21 heavy (non-hydrogen) atoms. The van der Waals surface area contributed by atoms with Crippen LogP contribution in [0.2, 0.25) is 0 Å². The first-order valence-corrected chi connectivity index (χ1v) is 7.38. The number of carbonyl (C=O) groups is 1. The summed E-state index contributed by atoms with van der Waals surface area (Å²) in [4.78, 5) is 12.4. The quantitative estimate of drug-likeness (QED) is 0.918. The van der Waals surface area contributed by atoms with E-state index >= 15 is 0 Å². The highest BCUT2D eigenvalue weighted by Crippen LogP contribution is 2.18.